The van der Waals surface area contributed by atoms with Crippen LogP contribution in [0.3, 0.4) is 0 Å². The zero-order chi connectivity index (χ0) is 23.1. The van der Waals surface area contributed by atoms with Gasteiger partial charge in [-0.15, -0.1) is 0 Å². The molecule has 0 atom stereocenters. The molecule has 1 fully saturated rings. The first-order chi connectivity index (χ1) is 16.3. The van der Waals surface area contributed by atoms with Crippen LogP contribution in [0.25, 0.3) is 11.4 Å². The topological polar surface area (TPSA) is 35.0 Å². The van der Waals surface area contributed by atoms with E-state index in [4.69, 9.17) is 4.74 Å². The van der Waals surface area contributed by atoms with Crippen molar-refractivity contribution < 1.29 is 4.74 Å². The average Bonchev–Trinajstić information content (AvgIpc) is 2.86. The highest BCUT2D eigenvalue weighted by Gasteiger charge is 2.18. The van der Waals surface area contributed by atoms with Crippen LogP contribution < -0.4 is 4.74 Å². The first-order valence-electron chi connectivity index (χ1n) is 13.5. The fourth-order valence-electron chi connectivity index (χ4n) is 4.83. The van der Waals surface area contributed by atoms with Crippen LogP contribution >= 0.6 is 0 Å². The molecule has 1 aliphatic carbocycles. The van der Waals surface area contributed by atoms with Crippen molar-refractivity contribution in [3.63, 3.8) is 0 Å². The summed E-state index contributed by atoms with van der Waals surface area (Å²) in [4.78, 5) is 9.14. The van der Waals surface area contributed by atoms with Gasteiger partial charge in [-0.1, -0.05) is 70.9 Å². The largest absolute Gasteiger partial charge is 0.490 e. The Morgan fingerprint density at radius 3 is 2.24 bits per heavy atom. The van der Waals surface area contributed by atoms with Gasteiger partial charge in [0.2, 0.25) is 0 Å². The number of unbranched alkanes of at least 4 members (excludes halogenated alkanes) is 5. The summed E-state index contributed by atoms with van der Waals surface area (Å²) < 4.78 is 5.93. The highest BCUT2D eigenvalue weighted by molar-refractivity contribution is 5.55. The number of aromatic nitrogens is 2. The lowest BCUT2D eigenvalue weighted by molar-refractivity contribution is 0.288. The van der Waals surface area contributed by atoms with Crippen molar-refractivity contribution in [1.29, 1.82) is 0 Å². The molecule has 0 amide bonds. The molecule has 0 N–H and O–H groups in total. The zero-order valence-electron chi connectivity index (χ0n) is 21.0. The Hall–Kier alpha value is -2.16. The van der Waals surface area contributed by atoms with E-state index in [1.165, 1.54) is 82.6 Å². The van der Waals surface area contributed by atoms with Crippen molar-refractivity contribution in [2.24, 2.45) is 11.8 Å². The molecule has 180 valence electrons. The van der Waals surface area contributed by atoms with Crippen LogP contribution in [0.2, 0.25) is 0 Å². The molecule has 2 aromatic rings. The zero-order valence-corrected chi connectivity index (χ0v) is 21.0. The maximum atomic E-state index is 5.93. The summed E-state index contributed by atoms with van der Waals surface area (Å²) in [6, 6.07) is 8.14. The molecule has 0 bridgehead atoms. The Morgan fingerprint density at radius 2 is 1.55 bits per heavy atom. The maximum absolute atomic E-state index is 5.93. The molecule has 3 nitrogen and oxygen atoms in total. The van der Waals surface area contributed by atoms with Crippen molar-refractivity contribution in [2.45, 2.75) is 97.3 Å². The van der Waals surface area contributed by atoms with Crippen molar-refractivity contribution in [3.8, 4) is 17.1 Å². The predicted molar refractivity (Wildman–Crippen MR) is 140 cm³/mol. The van der Waals surface area contributed by atoms with Crippen LogP contribution in [-0.4, -0.2) is 16.6 Å². The molecule has 0 radical (unpaired) electrons. The fourth-order valence-corrected chi connectivity index (χ4v) is 4.83. The molecule has 1 aromatic heterocycles. The number of nitrogens with zero attached hydrogens (tertiary/aromatic N) is 2. The number of rotatable bonds is 14. The van der Waals surface area contributed by atoms with Gasteiger partial charge in [0.25, 0.3) is 0 Å². The van der Waals surface area contributed by atoms with E-state index in [0.717, 1.165) is 35.4 Å². The minimum absolute atomic E-state index is 0.638. The lowest BCUT2D eigenvalue weighted by Crippen LogP contribution is -2.13. The fraction of sp³-hybridized carbons (Fsp3) is 0.600. The first-order valence-corrected chi connectivity index (χ1v) is 13.5. The van der Waals surface area contributed by atoms with Crippen LogP contribution in [0.5, 0.6) is 5.75 Å². The van der Waals surface area contributed by atoms with Crippen molar-refractivity contribution in [1.82, 2.24) is 9.97 Å². The minimum atomic E-state index is 0.638. The molecule has 1 heterocycles. The van der Waals surface area contributed by atoms with Crippen molar-refractivity contribution in [2.75, 3.05) is 6.61 Å². The second-order valence-corrected chi connectivity index (χ2v) is 9.77. The number of hydrogen-bond acceptors (Lipinski definition) is 3. The van der Waals surface area contributed by atoms with E-state index in [-0.39, 0.29) is 0 Å². The van der Waals surface area contributed by atoms with Gasteiger partial charge in [0.1, 0.15) is 12.4 Å². The molecule has 1 saturated carbocycles. The molecule has 0 saturated heterocycles. The van der Waals surface area contributed by atoms with Crippen molar-refractivity contribution in [3.05, 3.63) is 54.4 Å². The molecule has 0 aliphatic heterocycles. The predicted octanol–water partition coefficient (Wildman–Crippen LogP) is 8.59. The van der Waals surface area contributed by atoms with Crippen LogP contribution in [-0.2, 0) is 6.42 Å². The molecular formula is C30H44N2O. The summed E-state index contributed by atoms with van der Waals surface area (Å²) in [5.74, 6) is 3.40. The Kier molecular flexibility index (Phi) is 11.5. The standard InChI is InChI=1S/C30H44N2O/c1-3-5-7-9-12-27-23-31-30(32-24-27)28-18-20-29(21-19-28)33-22-10-13-26-16-14-25(15-17-26)11-8-6-4-2/h10,13,18-21,23-26H,3-9,11-12,14-17,22H2,1-2H3/b13-10+. The van der Waals surface area contributed by atoms with E-state index < -0.39 is 0 Å². The summed E-state index contributed by atoms with van der Waals surface area (Å²) in [6.45, 7) is 5.17. The quantitative estimate of drug-likeness (QED) is 0.214. The van der Waals surface area contributed by atoms with Crippen LogP contribution in [0.4, 0.5) is 0 Å². The lowest BCUT2D eigenvalue weighted by atomic mass is 9.79. The van der Waals surface area contributed by atoms with E-state index >= 15 is 0 Å². The number of ether oxygens (including phenoxy) is 1. The average molecular weight is 449 g/mol. The molecule has 1 aromatic carbocycles. The van der Waals surface area contributed by atoms with Crippen molar-refractivity contribution >= 4 is 0 Å². The summed E-state index contributed by atoms with van der Waals surface area (Å²) >= 11 is 0. The van der Waals surface area contributed by atoms with Gasteiger partial charge in [-0.3, -0.25) is 0 Å². The first kappa shape index (κ1) is 25.5. The molecule has 3 heteroatoms. The second kappa shape index (κ2) is 14.9. The van der Waals surface area contributed by atoms with Gasteiger partial charge in [-0.05, 0) is 80.2 Å². The van der Waals surface area contributed by atoms with Gasteiger partial charge in [0.05, 0.1) is 0 Å². The highest BCUT2D eigenvalue weighted by atomic mass is 16.5. The molecule has 33 heavy (non-hydrogen) atoms. The van der Waals surface area contributed by atoms with Gasteiger partial charge >= 0.3 is 0 Å². The summed E-state index contributed by atoms with van der Waals surface area (Å²) in [5, 5.41) is 0. The van der Waals surface area contributed by atoms with Gasteiger partial charge < -0.3 is 4.74 Å². The van der Waals surface area contributed by atoms with Gasteiger partial charge in [-0.2, -0.15) is 0 Å². The highest BCUT2D eigenvalue weighted by Crippen LogP contribution is 2.32. The summed E-state index contributed by atoms with van der Waals surface area (Å²) in [7, 11) is 0. The summed E-state index contributed by atoms with van der Waals surface area (Å²) in [5.41, 5.74) is 2.26. The van der Waals surface area contributed by atoms with E-state index in [1.807, 2.05) is 24.5 Å². The number of benzene rings is 1. The minimum Gasteiger partial charge on any atom is -0.490 e. The number of aryl methyl sites for hydroxylation is 1. The van der Waals surface area contributed by atoms with E-state index in [9.17, 15) is 0 Å². The number of hydrogen-bond donors (Lipinski definition) is 0. The lowest BCUT2D eigenvalue weighted by Gasteiger charge is -2.26. The number of allylic oxidation sites excluding steroid dienone is 1. The Bertz CT molecular complexity index is 789. The van der Waals surface area contributed by atoms with Gasteiger partial charge in [0, 0.05) is 18.0 Å². The van der Waals surface area contributed by atoms with Gasteiger partial charge in [-0.25, -0.2) is 9.97 Å². The van der Waals surface area contributed by atoms with Gasteiger partial charge in [0.15, 0.2) is 5.82 Å². The SMILES string of the molecule is CCCCCCc1cnc(-c2ccc(OC/C=C/C3CCC(CCCCC)CC3)cc2)nc1. The Balaban J connectivity index is 1.36. The molecule has 0 unspecified atom stereocenters. The van der Waals surface area contributed by atoms with Crippen LogP contribution in [0, 0.1) is 11.8 Å². The molecule has 3 rings (SSSR count). The molecule has 0 spiro atoms. The monoisotopic (exact) mass is 448 g/mol. The van der Waals surface area contributed by atoms with Crippen LogP contribution in [0.15, 0.2) is 48.8 Å². The van der Waals surface area contributed by atoms with E-state index in [0.29, 0.717) is 6.61 Å². The molecule has 1 aliphatic rings. The second-order valence-electron chi connectivity index (χ2n) is 9.77. The third-order valence-corrected chi connectivity index (χ3v) is 7.00. The normalized spacial score (nSPS) is 18.6. The van der Waals surface area contributed by atoms with Crippen LogP contribution in [0.1, 0.15) is 96.5 Å². The third-order valence-electron chi connectivity index (χ3n) is 7.00. The van der Waals surface area contributed by atoms with E-state index in [1.54, 1.807) is 0 Å². The maximum Gasteiger partial charge on any atom is 0.159 e. The summed E-state index contributed by atoms with van der Waals surface area (Å²) in [6.07, 6.45) is 25.8. The third kappa shape index (κ3) is 9.31. The van der Waals surface area contributed by atoms with E-state index in [2.05, 4.69) is 48.1 Å². The Morgan fingerprint density at radius 1 is 0.848 bits per heavy atom. The Labute approximate surface area is 202 Å². The smallest absolute Gasteiger partial charge is 0.159 e. The molecular weight excluding hydrogens is 404 g/mol.